The van der Waals surface area contributed by atoms with Crippen LogP contribution >= 0.6 is 0 Å². The van der Waals surface area contributed by atoms with E-state index < -0.39 is 0 Å². The fourth-order valence-electron chi connectivity index (χ4n) is 4.18. The van der Waals surface area contributed by atoms with Gasteiger partial charge in [0.05, 0.1) is 17.4 Å². The van der Waals surface area contributed by atoms with Crippen molar-refractivity contribution < 1.29 is 20.1 Å². The van der Waals surface area contributed by atoms with Gasteiger partial charge in [0.1, 0.15) is 0 Å². The Morgan fingerprint density at radius 1 is 0.647 bits per heavy atom. The molecular weight excluding hydrogens is 597 g/mol. The van der Waals surface area contributed by atoms with Crippen molar-refractivity contribution in [1.82, 2.24) is 19.5 Å². The molecule has 3 aromatic heterocycles. The molecule has 4 heterocycles. The van der Waals surface area contributed by atoms with Crippen LogP contribution in [0.3, 0.4) is 0 Å². The Morgan fingerprint density at radius 3 is 2.35 bits per heavy atom. The fraction of sp³-hybridized carbons (Fsp3) is 0. The summed E-state index contributed by atoms with van der Waals surface area (Å²) in [7, 11) is 0. The average Bonchev–Trinajstić information content (AvgIpc) is 3.30. The smallest absolute Gasteiger partial charge is 0.0998 e. The number of rotatable bonds is 1. The molecule has 7 rings (SSSR count). The predicted molar refractivity (Wildman–Crippen MR) is 131 cm³/mol. The molecule has 1 radical (unpaired) electrons. The zero-order chi connectivity index (χ0) is 22.0. The molecule has 34 heavy (non-hydrogen) atoms. The van der Waals surface area contributed by atoms with Crippen LogP contribution in [0.1, 0.15) is 0 Å². The van der Waals surface area contributed by atoms with Crippen LogP contribution < -0.4 is 0 Å². The van der Waals surface area contributed by atoms with E-state index in [4.69, 9.17) is 0 Å². The largest absolute Gasteiger partial charge is 0.306 e. The van der Waals surface area contributed by atoms with Crippen molar-refractivity contribution in [3.05, 3.63) is 122 Å². The SMILES string of the molecule is [Ir].[c-]1cccc2c1-c1ncccc1-n1cnc3cccc-2c31.[c-]1ccccc1-c1ccccn1. The summed E-state index contributed by atoms with van der Waals surface area (Å²) in [5.41, 5.74) is 9.51. The Hall–Kier alpha value is -3.92. The van der Waals surface area contributed by atoms with Crippen molar-refractivity contribution in [2.24, 2.45) is 0 Å². The van der Waals surface area contributed by atoms with Crippen molar-refractivity contribution in [2.45, 2.75) is 0 Å². The minimum atomic E-state index is 0. The van der Waals surface area contributed by atoms with Gasteiger partial charge in [-0.15, -0.1) is 65.7 Å². The van der Waals surface area contributed by atoms with Crippen LogP contribution in [0.5, 0.6) is 0 Å². The van der Waals surface area contributed by atoms with Crippen molar-refractivity contribution in [3.63, 3.8) is 0 Å². The van der Waals surface area contributed by atoms with Gasteiger partial charge in [0.15, 0.2) is 0 Å². The van der Waals surface area contributed by atoms with E-state index in [-0.39, 0.29) is 20.1 Å². The van der Waals surface area contributed by atoms with E-state index in [1.807, 2.05) is 79.3 Å². The molecule has 0 fully saturated rings. The van der Waals surface area contributed by atoms with Crippen LogP contribution in [0.25, 0.3) is 50.4 Å². The standard InChI is InChI=1S/C18H10N3.C11H8N.Ir/c1-2-6-13-12(5-1)14-7-3-8-15-18(14)21(11-20-15)16-9-4-10-19-17(13)16;1-2-6-10(7-3-1)11-8-4-5-9-12-11;/h1-5,7-11H;1-6,8-9H;/q2*-1;. The number of hydrogen-bond acceptors (Lipinski definition) is 3. The van der Waals surface area contributed by atoms with E-state index in [0.29, 0.717) is 0 Å². The molecule has 0 unspecified atom stereocenters. The second-order valence-electron chi connectivity index (χ2n) is 7.61. The topological polar surface area (TPSA) is 43.6 Å². The second kappa shape index (κ2) is 9.52. The first-order valence-electron chi connectivity index (χ1n) is 10.7. The van der Waals surface area contributed by atoms with Gasteiger partial charge in [-0.05, 0) is 35.5 Å². The average molecular weight is 615 g/mol. The molecule has 0 bridgehead atoms. The van der Waals surface area contributed by atoms with Crippen molar-refractivity contribution >= 4 is 11.0 Å². The van der Waals surface area contributed by atoms with Crippen molar-refractivity contribution in [3.8, 4) is 39.3 Å². The summed E-state index contributed by atoms with van der Waals surface area (Å²) in [6.07, 6.45) is 5.49. The number of hydrogen-bond donors (Lipinski definition) is 0. The summed E-state index contributed by atoms with van der Waals surface area (Å²) < 4.78 is 2.13. The number of para-hydroxylation sites is 1. The zero-order valence-corrected chi connectivity index (χ0v) is 20.4. The maximum atomic E-state index is 4.59. The molecule has 1 aliphatic rings. The Kier molecular flexibility index (Phi) is 6.13. The van der Waals surface area contributed by atoms with E-state index in [1.165, 1.54) is 5.56 Å². The van der Waals surface area contributed by atoms with Crippen LogP contribution in [0.2, 0.25) is 0 Å². The van der Waals surface area contributed by atoms with Crippen molar-refractivity contribution in [1.29, 1.82) is 0 Å². The molecule has 1 aliphatic heterocycles. The molecule has 0 spiro atoms. The first kappa shape index (κ1) is 21.9. The summed E-state index contributed by atoms with van der Waals surface area (Å²) in [6, 6.07) is 36.5. The van der Waals surface area contributed by atoms with E-state index >= 15 is 0 Å². The molecule has 3 aromatic carbocycles. The normalized spacial score (nSPS) is 10.7. The summed E-state index contributed by atoms with van der Waals surface area (Å²) in [5.74, 6) is 0. The van der Waals surface area contributed by atoms with Gasteiger partial charge in [0.25, 0.3) is 0 Å². The molecule has 0 saturated heterocycles. The Morgan fingerprint density at radius 2 is 1.50 bits per heavy atom. The molecule has 0 saturated carbocycles. The molecule has 4 nitrogen and oxygen atoms in total. The van der Waals surface area contributed by atoms with E-state index in [0.717, 1.165) is 44.8 Å². The fourth-order valence-corrected chi connectivity index (χ4v) is 4.18. The van der Waals surface area contributed by atoms with Gasteiger partial charge in [0.2, 0.25) is 0 Å². The van der Waals surface area contributed by atoms with Crippen molar-refractivity contribution in [2.75, 3.05) is 0 Å². The quantitative estimate of drug-likeness (QED) is 0.201. The second-order valence-corrected chi connectivity index (χ2v) is 7.61. The maximum Gasteiger partial charge on any atom is 0.0998 e. The van der Waals surface area contributed by atoms with E-state index in [2.05, 4.69) is 55.9 Å². The summed E-state index contributed by atoms with van der Waals surface area (Å²) >= 11 is 0. The Labute approximate surface area is 211 Å². The van der Waals surface area contributed by atoms with Gasteiger partial charge < -0.3 is 14.5 Å². The molecular formula is C29H18IrN4-2. The predicted octanol–water partition coefficient (Wildman–Crippen LogP) is 6.41. The summed E-state index contributed by atoms with van der Waals surface area (Å²) in [4.78, 5) is 13.3. The molecule has 5 heteroatoms. The third-order valence-electron chi connectivity index (χ3n) is 5.65. The van der Waals surface area contributed by atoms with Crippen LogP contribution in [0.4, 0.5) is 0 Å². The summed E-state index contributed by atoms with van der Waals surface area (Å²) in [6.45, 7) is 0. The molecule has 0 aliphatic carbocycles. The zero-order valence-electron chi connectivity index (χ0n) is 18.0. The van der Waals surface area contributed by atoms with Gasteiger partial charge in [-0.3, -0.25) is 0 Å². The number of imidazole rings is 1. The van der Waals surface area contributed by atoms with Gasteiger partial charge in [-0.2, -0.15) is 0 Å². The van der Waals surface area contributed by atoms with Gasteiger partial charge in [0, 0.05) is 43.9 Å². The molecule has 0 amide bonds. The third kappa shape index (κ3) is 3.86. The van der Waals surface area contributed by atoms with E-state index in [1.54, 1.807) is 6.20 Å². The van der Waals surface area contributed by atoms with Gasteiger partial charge in [-0.1, -0.05) is 29.8 Å². The first-order chi connectivity index (χ1) is 16.4. The minimum Gasteiger partial charge on any atom is -0.306 e. The summed E-state index contributed by atoms with van der Waals surface area (Å²) in [5, 5.41) is 0. The van der Waals surface area contributed by atoms with Crippen LogP contribution in [-0.4, -0.2) is 19.5 Å². The third-order valence-corrected chi connectivity index (χ3v) is 5.65. The van der Waals surface area contributed by atoms with Gasteiger partial charge in [-0.25, -0.2) is 4.98 Å². The molecule has 0 N–H and O–H groups in total. The maximum absolute atomic E-state index is 4.59. The number of nitrogens with zero attached hydrogens (tertiary/aromatic N) is 4. The number of pyridine rings is 2. The van der Waals surface area contributed by atoms with E-state index in [9.17, 15) is 0 Å². The number of aromatic nitrogens is 4. The Bertz CT molecular complexity index is 1520. The Balaban J connectivity index is 0.000000159. The monoisotopic (exact) mass is 615 g/mol. The van der Waals surface area contributed by atoms with Crippen LogP contribution in [0.15, 0.2) is 110 Å². The minimum absolute atomic E-state index is 0. The van der Waals surface area contributed by atoms with Crippen LogP contribution in [0, 0.1) is 12.1 Å². The molecule has 165 valence electrons. The number of fused-ring (bicyclic) bond motifs is 5. The van der Waals surface area contributed by atoms with Crippen LogP contribution in [-0.2, 0) is 20.1 Å². The first-order valence-corrected chi connectivity index (χ1v) is 10.7. The number of benzene rings is 3. The molecule has 6 aromatic rings. The molecule has 0 atom stereocenters. The van der Waals surface area contributed by atoms with Gasteiger partial charge >= 0.3 is 0 Å².